The number of hydrogen-bond donors (Lipinski definition) is 0. The highest BCUT2D eigenvalue weighted by Crippen LogP contribution is 2.01. The number of aryl methyl sites for hydroxylation is 1. The minimum atomic E-state index is -0.418. The van der Waals surface area contributed by atoms with E-state index in [0.717, 1.165) is 5.69 Å². The van der Waals surface area contributed by atoms with Crippen LogP contribution in [0.3, 0.4) is 0 Å². The first-order valence-corrected chi connectivity index (χ1v) is 5.34. The molecule has 0 bridgehead atoms. The third kappa shape index (κ3) is 4.63. The summed E-state index contributed by atoms with van der Waals surface area (Å²) in [6.07, 6.45) is 2.60. The van der Waals surface area contributed by atoms with Gasteiger partial charge in [0.05, 0.1) is 7.11 Å². The van der Waals surface area contributed by atoms with E-state index in [1.807, 2.05) is 18.2 Å². The van der Waals surface area contributed by atoms with Gasteiger partial charge in [-0.1, -0.05) is 6.07 Å². The molecule has 0 aliphatic heterocycles. The van der Waals surface area contributed by atoms with Crippen LogP contribution in [-0.2, 0) is 20.7 Å². The first-order chi connectivity index (χ1) is 8.13. The highest BCUT2D eigenvalue weighted by molar-refractivity contribution is 5.81. The van der Waals surface area contributed by atoms with E-state index in [9.17, 15) is 9.59 Å². The SMILES string of the molecule is COC(=O)CN(C)C(=O)CCc1ccccn1. The Kier molecular flexibility index (Phi) is 5.13. The zero-order valence-corrected chi connectivity index (χ0v) is 10.0. The largest absolute Gasteiger partial charge is 0.468 e. The Balaban J connectivity index is 2.37. The van der Waals surface area contributed by atoms with Crippen LogP contribution in [0.25, 0.3) is 0 Å². The van der Waals surface area contributed by atoms with Gasteiger partial charge < -0.3 is 9.64 Å². The Bertz CT molecular complexity index is 379. The fourth-order valence-electron chi connectivity index (χ4n) is 1.32. The number of amides is 1. The van der Waals surface area contributed by atoms with Crippen LogP contribution in [-0.4, -0.2) is 42.5 Å². The van der Waals surface area contributed by atoms with Crippen LogP contribution in [0, 0.1) is 0 Å². The predicted molar refractivity (Wildman–Crippen MR) is 62.2 cm³/mol. The highest BCUT2D eigenvalue weighted by Gasteiger charge is 2.12. The lowest BCUT2D eigenvalue weighted by Crippen LogP contribution is -2.32. The van der Waals surface area contributed by atoms with Crippen molar-refractivity contribution in [2.24, 2.45) is 0 Å². The number of carbonyl (C=O) groups is 2. The Morgan fingerprint density at radius 3 is 2.76 bits per heavy atom. The number of esters is 1. The van der Waals surface area contributed by atoms with Crippen molar-refractivity contribution in [1.29, 1.82) is 0 Å². The summed E-state index contributed by atoms with van der Waals surface area (Å²) in [6, 6.07) is 5.58. The zero-order valence-electron chi connectivity index (χ0n) is 10.0. The van der Waals surface area contributed by atoms with E-state index in [-0.39, 0.29) is 12.5 Å². The van der Waals surface area contributed by atoms with Gasteiger partial charge in [-0.3, -0.25) is 14.6 Å². The number of aromatic nitrogens is 1. The first-order valence-electron chi connectivity index (χ1n) is 5.34. The first kappa shape index (κ1) is 13.2. The van der Waals surface area contributed by atoms with Gasteiger partial charge in [-0.15, -0.1) is 0 Å². The molecule has 0 N–H and O–H groups in total. The van der Waals surface area contributed by atoms with Gasteiger partial charge in [0, 0.05) is 25.4 Å². The standard InChI is InChI=1S/C12H16N2O3/c1-14(9-12(16)17-2)11(15)7-6-10-5-3-4-8-13-10/h3-5,8H,6-7,9H2,1-2H3. The minimum absolute atomic E-state index is 0.0163. The van der Waals surface area contributed by atoms with E-state index in [2.05, 4.69) is 9.72 Å². The van der Waals surface area contributed by atoms with Crippen LogP contribution in [0.1, 0.15) is 12.1 Å². The van der Waals surface area contributed by atoms with Crippen molar-refractivity contribution in [1.82, 2.24) is 9.88 Å². The molecule has 1 amide bonds. The van der Waals surface area contributed by atoms with E-state index < -0.39 is 5.97 Å². The molecule has 0 saturated heterocycles. The van der Waals surface area contributed by atoms with Gasteiger partial charge in [-0.05, 0) is 18.6 Å². The number of likely N-dealkylation sites (N-methyl/N-ethyl adjacent to an activating group) is 1. The fraction of sp³-hybridized carbons (Fsp3) is 0.417. The summed E-state index contributed by atoms with van der Waals surface area (Å²) < 4.78 is 4.49. The third-order valence-corrected chi connectivity index (χ3v) is 2.34. The summed E-state index contributed by atoms with van der Waals surface area (Å²) in [5, 5.41) is 0. The Morgan fingerprint density at radius 2 is 2.18 bits per heavy atom. The normalized spacial score (nSPS) is 9.76. The molecule has 0 radical (unpaired) electrons. The quantitative estimate of drug-likeness (QED) is 0.704. The second kappa shape index (κ2) is 6.62. The van der Waals surface area contributed by atoms with Gasteiger partial charge in [-0.2, -0.15) is 0 Å². The van der Waals surface area contributed by atoms with Gasteiger partial charge in [0.1, 0.15) is 6.54 Å². The maximum atomic E-state index is 11.7. The molecular weight excluding hydrogens is 220 g/mol. The van der Waals surface area contributed by atoms with E-state index in [1.165, 1.54) is 12.0 Å². The number of hydrogen-bond acceptors (Lipinski definition) is 4. The molecule has 1 aromatic heterocycles. The van der Waals surface area contributed by atoms with Gasteiger partial charge in [0.2, 0.25) is 5.91 Å². The summed E-state index contributed by atoms with van der Waals surface area (Å²) in [5.41, 5.74) is 0.868. The molecule has 0 unspecified atom stereocenters. The molecule has 0 aliphatic carbocycles. The average Bonchev–Trinajstić information content (AvgIpc) is 2.36. The molecule has 0 aliphatic rings. The lowest BCUT2D eigenvalue weighted by Gasteiger charge is -2.15. The summed E-state index contributed by atoms with van der Waals surface area (Å²) in [5.74, 6) is -0.514. The van der Waals surface area contributed by atoms with E-state index >= 15 is 0 Å². The van der Waals surface area contributed by atoms with Crippen molar-refractivity contribution in [2.75, 3.05) is 20.7 Å². The predicted octanol–water partition coefficient (Wildman–Crippen LogP) is 0.646. The van der Waals surface area contributed by atoms with Crippen LogP contribution in [0.5, 0.6) is 0 Å². The second-order valence-corrected chi connectivity index (χ2v) is 3.65. The second-order valence-electron chi connectivity index (χ2n) is 3.65. The van der Waals surface area contributed by atoms with Crippen molar-refractivity contribution in [3.05, 3.63) is 30.1 Å². The molecule has 1 aromatic rings. The Morgan fingerprint density at radius 1 is 1.41 bits per heavy atom. The molecule has 0 spiro atoms. The van der Waals surface area contributed by atoms with Gasteiger partial charge >= 0.3 is 5.97 Å². The molecule has 17 heavy (non-hydrogen) atoms. The van der Waals surface area contributed by atoms with Crippen LogP contribution in [0.15, 0.2) is 24.4 Å². The summed E-state index contributed by atoms with van der Waals surface area (Å²) in [6.45, 7) is -0.0163. The molecule has 5 heteroatoms. The van der Waals surface area contributed by atoms with Gasteiger partial charge in [0.25, 0.3) is 0 Å². The number of ether oxygens (including phenoxy) is 1. The van der Waals surface area contributed by atoms with E-state index in [4.69, 9.17) is 0 Å². The highest BCUT2D eigenvalue weighted by atomic mass is 16.5. The molecule has 0 saturated carbocycles. The lowest BCUT2D eigenvalue weighted by molar-refractivity contribution is -0.146. The zero-order chi connectivity index (χ0) is 12.7. The molecule has 1 rings (SSSR count). The molecule has 0 atom stereocenters. The smallest absolute Gasteiger partial charge is 0.325 e. The van der Waals surface area contributed by atoms with Crippen LogP contribution in [0.4, 0.5) is 0 Å². The minimum Gasteiger partial charge on any atom is -0.468 e. The molecule has 0 fully saturated rings. The Hall–Kier alpha value is -1.91. The van der Waals surface area contributed by atoms with Crippen LogP contribution < -0.4 is 0 Å². The van der Waals surface area contributed by atoms with Gasteiger partial charge in [0.15, 0.2) is 0 Å². The molecule has 5 nitrogen and oxygen atoms in total. The number of pyridine rings is 1. The number of carbonyl (C=O) groups excluding carboxylic acids is 2. The molecular formula is C12H16N2O3. The van der Waals surface area contributed by atoms with E-state index in [1.54, 1.807) is 13.2 Å². The lowest BCUT2D eigenvalue weighted by atomic mass is 10.2. The van der Waals surface area contributed by atoms with Gasteiger partial charge in [-0.25, -0.2) is 0 Å². The molecule has 0 aromatic carbocycles. The number of rotatable bonds is 5. The number of nitrogens with zero attached hydrogens (tertiary/aromatic N) is 2. The molecule has 92 valence electrons. The Labute approximate surface area is 100 Å². The van der Waals surface area contributed by atoms with Crippen molar-refractivity contribution in [3.63, 3.8) is 0 Å². The van der Waals surface area contributed by atoms with Crippen molar-refractivity contribution >= 4 is 11.9 Å². The monoisotopic (exact) mass is 236 g/mol. The number of methoxy groups -OCH3 is 1. The fourth-order valence-corrected chi connectivity index (χ4v) is 1.32. The van der Waals surface area contributed by atoms with Crippen molar-refractivity contribution in [3.8, 4) is 0 Å². The summed E-state index contributed by atoms with van der Waals surface area (Å²) >= 11 is 0. The average molecular weight is 236 g/mol. The maximum absolute atomic E-state index is 11.7. The summed E-state index contributed by atoms with van der Waals surface area (Å²) in [7, 11) is 2.88. The van der Waals surface area contributed by atoms with E-state index in [0.29, 0.717) is 12.8 Å². The third-order valence-electron chi connectivity index (χ3n) is 2.34. The molecule has 1 heterocycles. The van der Waals surface area contributed by atoms with Crippen LogP contribution in [0.2, 0.25) is 0 Å². The summed E-state index contributed by atoms with van der Waals surface area (Å²) in [4.78, 5) is 28.1. The maximum Gasteiger partial charge on any atom is 0.325 e. The topological polar surface area (TPSA) is 59.5 Å². The van der Waals surface area contributed by atoms with Crippen molar-refractivity contribution in [2.45, 2.75) is 12.8 Å². The van der Waals surface area contributed by atoms with Crippen molar-refractivity contribution < 1.29 is 14.3 Å². The van der Waals surface area contributed by atoms with Crippen LogP contribution >= 0.6 is 0 Å².